The molecule has 0 amide bonds. The maximum atomic E-state index is 5.92. The molecule has 0 aliphatic heterocycles. The van der Waals surface area contributed by atoms with Crippen LogP contribution < -0.4 is 0 Å². The fourth-order valence-corrected chi connectivity index (χ4v) is 3.00. The van der Waals surface area contributed by atoms with Gasteiger partial charge in [-0.25, -0.2) is 0 Å². The average Bonchev–Trinajstić information content (AvgIpc) is 2.51. The van der Waals surface area contributed by atoms with E-state index in [2.05, 4.69) is 17.1 Å². The van der Waals surface area contributed by atoms with E-state index >= 15 is 0 Å². The quantitative estimate of drug-likeness (QED) is 0.628. The van der Waals surface area contributed by atoms with Gasteiger partial charge in [0.2, 0.25) is 0 Å². The summed E-state index contributed by atoms with van der Waals surface area (Å²) in [5.74, 6) is 0. The molecule has 3 rings (SSSR count). The van der Waals surface area contributed by atoms with Gasteiger partial charge in [0.25, 0.3) is 0 Å². The molecule has 0 N–H and O–H groups in total. The fraction of sp³-hybridized carbons (Fsp3) is 0. The summed E-state index contributed by atoms with van der Waals surface area (Å²) >= 11 is 7.64. The van der Waals surface area contributed by atoms with Crippen molar-refractivity contribution < 1.29 is 0 Å². The Morgan fingerprint density at radius 2 is 1.55 bits per heavy atom. The molecule has 98 valence electrons. The highest BCUT2D eigenvalue weighted by atomic mass is 35.5. The zero-order valence-corrected chi connectivity index (χ0v) is 12.2. The van der Waals surface area contributed by atoms with Crippen molar-refractivity contribution in [1.29, 1.82) is 0 Å². The van der Waals surface area contributed by atoms with E-state index in [1.807, 2.05) is 60.8 Å². The van der Waals surface area contributed by atoms with Gasteiger partial charge < -0.3 is 0 Å². The molecule has 0 radical (unpaired) electrons. The molecule has 20 heavy (non-hydrogen) atoms. The van der Waals surface area contributed by atoms with E-state index in [0.29, 0.717) is 0 Å². The predicted octanol–water partition coefficient (Wildman–Crippen LogP) is 5.55. The van der Waals surface area contributed by atoms with Gasteiger partial charge in [0.05, 0.1) is 5.69 Å². The predicted molar refractivity (Wildman–Crippen MR) is 85.2 cm³/mol. The lowest BCUT2D eigenvalue weighted by atomic mass is 10.1. The van der Waals surface area contributed by atoms with Gasteiger partial charge in [-0.1, -0.05) is 47.6 Å². The summed E-state index contributed by atoms with van der Waals surface area (Å²) in [6, 6.07) is 22.1. The van der Waals surface area contributed by atoms with Gasteiger partial charge in [0, 0.05) is 26.6 Å². The summed E-state index contributed by atoms with van der Waals surface area (Å²) in [5, 5.41) is 0.757. The van der Waals surface area contributed by atoms with E-state index in [1.165, 1.54) is 4.90 Å². The van der Waals surface area contributed by atoms with Gasteiger partial charge in [-0.15, -0.1) is 0 Å². The molecule has 1 nitrogen and oxygen atoms in total. The van der Waals surface area contributed by atoms with Crippen LogP contribution in [0.4, 0.5) is 0 Å². The number of hydrogen-bond acceptors (Lipinski definition) is 2. The Balaban J connectivity index is 1.96. The standard InChI is InChI=1S/C17H12ClNS/c18-13-8-10-14(11-9-13)20-17-7-2-1-5-15(17)16-6-3-4-12-19-16/h1-12H. The molecular formula is C17H12ClNS. The second-order valence-electron chi connectivity index (χ2n) is 4.27. The molecule has 0 bridgehead atoms. The zero-order chi connectivity index (χ0) is 13.8. The Hall–Kier alpha value is -1.77. The van der Waals surface area contributed by atoms with E-state index in [9.17, 15) is 0 Å². The third-order valence-corrected chi connectivity index (χ3v) is 4.21. The summed E-state index contributed by atoms with van der Waals surface area (Å²) in [5.41, 5.74) is 2.14. The largest absolute Gasteiger partial charge is 0.256 e. The molecule has 0 atom stereocenters. The highest BCUT2D eigenvalue weighted by Gasteiger charge is 2.06. The maximum Gasteiger partial charge on any atom is 0.0713 e. The van der Waals surface area contributed by atoms with Crippen molar-refractivity contribution in [3.8, 4) is 11.3 Å². The van der Waals surface area contributed by atoms with E-state index in [1.54, 1.807) is 11.8 Å². The normalized spacial score (nSPS) is 10.4. The Morgan fingerprint density at radius 3 is 2.30 bits per heavy atom. The van der Waals surface area contributed by atoms with Crippen LogP contribution in [0.25, 0.3) is 11.3 Å². The van der Waals surface area contributed by atoms with Gasteiger partial charge in [0.15, 0.2) is 0 Å². The van der Waals surface area contributed by atoms with Crippen molar-refractivity contribution >= 4 is 23.4 Å². The molecule has 2 aromatic carbocycles. The van der Waals surface area contributed by atoms with Crippen LogP contribution in [0.2, 0.25) is 5.02 Å². The third-order valence-electron chi connectivity index (χ3n) is 2.87. The highest BCUT2D eigenvalue weighted by molar-refractivity contribution is 7.99. The average molecular weight is 298 g/mol. The molecule has 3 aromatic rings. The van der Waals surface area contributed by atoms with Gasteiger partial charge in [0.1, 0.15) is 0 Å². The van der Waals surface area contributed by atoms with Crippen LogP contribution >= 0.6 is 23.4 Å². The lowest BCUT2D eigenvalue weighted by Crippen LogP contribution is -1.85. The molecule has 0 unspecified atom stereocenters. The minimum absolute atomic E-state index is 0.757. The first-order valence-corrected chi connectivity index (χ1v) is 7.46. The smallest absolute Gasteiger partial charge is 0.0713 e. The lowest BCUT2D eigenvalue weighted by molar-refractivity contribution is 1.29. The first kappa shape index (κ1) is 13.2. The van der Waals surface area contributed by atoms with Crippen molar-refractivity contribution in [3.63, 3.8) is 0 Å². The van der Waals surface area contributed by atoms with Crippen molar-refractivity contribution in [2.75, 3.05) is 0 Å². The SMILES string of the molecule is Clc1ccc(Sc2ccccc2-c2ccccn2)cc1. The third kappa shape index (κ3) is 3.03. The van der Waals surface area contributed by atoms with Gasteiger partial charge in [-0.05, 0) is 42.5 Å². The molecule has 0 saturated carbocycles. The monoisotopic (exact) mass is 297 g/mol. The van der Waals surface area contributed by atoms with Crippen molar-refractivity contribution in [3.05, 3.63) is 77.9 Å². The molecular weight excluding hydrogens is 286 g/mol. The highest BCUT2D eigenvalue weighted by Crippen LogP contribution is 2.35. The molecule has 0 saturated heterocycles. The summed E-state index contributed by atoms with van der Waals surface area (Å²) in [6.45, 7) is 0. The molecule has 3 heteroatoms. The van der Waals surface area contributed by atoms with Crippen LogP contribution in [0, 0.1) is 0 Å². The Kier molecular flexibility index (Phi) is 4.05. The van der Waals surface area contributed by atoms with Crippen LogP contribution in [-0.2, 0) is 0 Å². The van der Waals surface area contributed by atoms with Gasteiger partial charge >= 0.3 is 0 Å². The van der Waals surface area contributed by atoms with Crippen molar-refractivity contribution in [2.24, 2.45) is 0 Å². The summed E-state index contributed by atoms with van der Waals surface area (Å²) in [7, 11) is 0. The number of hydrogen-bond donors (Lipinski definition) is 0. The maximum absolute atomic E-state index is 5.92. The van der Waals surface area contributed by atoms with E-state index in [0.717, 1.165) is 21.2 Å². The van der Waals surface area contributed by atoms with Crippen LogP contribution in [-0.4, -0.2) is 4.98 Å². The first-order chi connectivity index (χ1) is 9.83. The van der Waals surface area contributed by atoms with Crippen LogP contribution in [0.5, 0.6) is 0 Å². The minimum atomic E-state index is 0.757. The number of pyridine rings is 1. The summed E-state index contributed by atoms with van der Waals surface area (Å²) in [6.07, 6.45) is 1.82. The summed E-state index contributed by atoms with van der Waals surface area (Å²) < 4.78 is 0. The number of benzene rings is 2. The fourth-order valence-electron chi connectivity index (χ4n) is 1.92. The number of aromatic nitrogens is 1. The van der Waals surface area contributed by atoms with Crippen LogP contribution in [0.1, 0.15) is 0 Å². The van der Waals surface area contributed by atoms with Crippen molar-refractivity contribution in [2.45, 2.75) is 9.79 Å². The molecule has 0 fully saturated rings. The summed E-state index contributed by atoms with van der Waals surface area (Å²) in [4.78, 5) is 6.78. The van der Waals surface area contributed by atoms with Gasteiger partial charge in [-0.3, -0.25) is 4.98 Å². The second kappa shape index (κ2) is 6.12. The van der Waals surface area contributed by atoms with E-state index in [4.69, 9.17) is 11.6 Å². The molecule has 1 aromatic heterocycles. The Bertz CT molecular complexity index is 696. The molecule has 1 heterocycles. The topological polar surface area (TPSA) is 12.9 Å². The lowest BCUT2D eigenvalue weighted by Gasteiger charge is -2.08. The minimum Gasteiger partial charge on any atom is -0.256 e. The Morgan fingerprint density at radius 1 is 0.800 bits per heavy atom. The molecule has 0 spiro atoms. The second-order valence-corrected chi connectivity index (χ2v) is 5.82. The van der Waals surface area contributed by atoms with Crippen LogP contribution in [0.15, 0.2) is 82.7 Å². The molecule has 0 aliphatic carbocycles. The number of halogens is 1. The number of rotatable bonds is 3. The Labute approximate surface area is 127 Å². The zero-order valence-electron chi connectivity index (χ0n) is 10.7. The van der Waals surface area contributed by atoms with Gasteiger partial charge in [-0.2, -0.15) is 0 Å². The van der Waals surface area contributed by atoms with E-state index in [-0.39, 0.29) is 0 Å². The number of nitrogens with zero attached hydrogens (tertiary/aromatic N) is 1. The van der Waals surface area contributed by atoms with E-state index < -0.39 is 0 Å². The molecule has 0 aliphatic rings. The first-order valence-electron chi connectivity index (χ1n) is 6.27. The van der Waals surface area contributed by atoms with Crippen LogP contribution in [0.3, 0.4) is 0 Å². The van der Waals surface area contributed by atoms with Crippen molar-refractivity contribution in [1.82, 2.24) is 4.98 Å².